The van der Waals surface area contributed by atoms with Gasteiger partial charge in [0.25, 0.3) is 0 Å². The van der Waals surface area contributed by atoms with Gasteiger partial charge in [-0.25, -0.2) is 0 Å². The second-order valence-corrected chi connectivity index (χ2v) is 3.85. The Hall–Kier alpha value is -1.84. The highest BCUT2D eigenvalue weighted by atomic mass is 15.2. The molecule has 0 saturated carbocycles. The molecule has 0 aliphatic carbocycles. The average Bonchev–Trinajstić information content (AvgIpc) is 2.76. The molecule has 0 unspecified atom stereocenters. The fourth-order valence-corrected chi connectivity index (χ4v) is 1.52. The van der Waals surface area contributed by atoms with Crippen LogP contribution in [0.15, 0.2) is 24.3 Å². The largest absolute Gasteiger partial charge is 0.399 e. The average molecular weight is 216 g/mol. The number of aromatic amines is 1. The molecule has 84 valence electrons. The molecule has 0 radical (unpaired) electrons. The second-order valence-electron chi connectivity index (χ2n) is 3.85. The number of unbranched alkanes of at least 4 members (excludes halogenated alkanes) is 1. The summed E-state index contributed by atoms with van der Waals surface area (Å²) < 4.78 is 0. The van der Waals surface area contributed by atoms with Gasteiger partial charge in [-0.05, 0) is 30.7 Å². The van der Waals surface area contributed by atoms with Gasteiger partial charge in [-0.1, -0.05) is 13.3 Å². The first-order chi connectivity index (χ1) is 7.79. The summed E-state index contributed by atoms with van der Waals surface area (Å²) in [6, 6.07) is 7.62. The van der Waals surface area contributed by atoms with Gasteiger partial charge in [0, 0.05) is 17.7 Å². The van der Waals surface area contributed by atoms with Gasteiger partial charge in [0.15, 0.2) is 5.82 Å². The van der Waals surface area contributed by atoms with E-state index in [-0.39, 0.29) is 0 Å². The Morgan fingerprint density at radius 3 is 2.62 bits per heavy atom. The lowest BCUT2D eigenvalue weighted by Gasteiger charge is -1.96. The number of nitrogen functional groups attached to an aromatic ring is 1. The van der Waals surface area contributed by atoms with Crippen molar-refractivity contribution in [2.75, 3.05) is 5.73 Å². The molecule has 0 aliphatic heterocycles. The number of anilines is 1. The zero-order valence-electron chi connectivity index (χ0n) is 9.40. The Kier molecular flexibility index (Phi) is 3.19. The van der Waals surface area contributed by atoms with Gasteiger partial charge < -0.3 is 10.7 Å². The molecule has 16 heavy (non-hydrogen) atoms. The number of rotatable bonds is 4. The number of hydrogen-bond donors (Lipinski definition) is 2. The molecule has 4 nitrogen and oxygen atoms in total. The molecule has 3 N–H and O–H groups in total. The highest BCUT2D eigenvalue weighted by molar-refractivity contribution is 5.58. The standard InChI is InChI=1S/C12H16N4/c1-2-3-4-11-14-12(16-15-11)9-5-7-10(13)8-6-9/h5-8H,2-4,13H2,1H3,(H,14,15,16). The van der Waals surface area contributed by atoms with Crippen LogP contribution in [0.2, 0.25) is 0 Å². The van der Waals surface area contributed by atoms with Crippen LogP contribution >= 0.6 is 0 Å². The predicted molar refractivity (Wildman–Crippen MR) is 64.8 cm³/mol. The van der Waals surface area contributed by atoms with Gasteiger partial charge in [-0.15, -0.1) is 10.2 Å². The van der Waals surface area contributed by atoms with Gasteiger partial charge in [-0.3, -0.25) is 0 Å². The zero-order chi connectivity index (χ0) is 11.4. The van der Waals surface area contributed by atoms with Crippen molar-refractivity contribution in [2.45, 2.75) is 26.2 Å². The van der Waals surface area contributed by atoms with E-state index in [9.17, 15) is 0 Å². The van der Waals surface area contributed by atoms with E-state index in [0.717, 1.165) is 42.2 Å². The molecule has 0 amide bonds. The van der Waals surface area contributed by atoms with Gasteiger partial charge in [0.1, 0.15) is 5.82 Å². The van der Waals surface area contributed by atoms with E-state index in [1.54, 1.807) is 0 Å². The third-order valence-electron chi connectivity index (χ3n) is 2.48. The van der Waals surface area contributed by atoms with E-state index in [0.29, 0.717) is 0 Å². The number of benzene rings is 1. The molecule has 0 aliphatic rings. The Labute approximate surface area is 94.9 Å². The third kappa shape index (κ3) is 2.39. The molecule has 0 bridgehead atoms. The van der Waals surface area contributed by atoms with E-state index in [4.69, 9.17) is 5.73 Å². The molecule has 1 aromatic heterocycles. The molecular weight excluding hydrogens is 200 g/mol. The normalized spacial score (nSPS) is 10.6. The van der Waals surface area contributed by atoms with Crippen molar-refractivity contribution in [1.82, 2.24) is 15.2 Å². The molecule has 0 saturated heterocycles. The number of aromatic nitrogens is 3. The number of H-pyrrole nitrogens is 1. The van der Waals surface area contributed by atoms with Gasteiger partial charge >= 0.3 is 0 Å². The van der Waals surface area contributed by atoms with E-state index in [1.807, 2.05) is 24.3 Å². The first-order valence-corrected chi connectivity index (χ1v) is 5.57. The Bertz CT molecular complexity index is 444. The van der Waals surface area contributed by atoms with E-state index in [2.05, 4.69) is 22.1 Å². The van der Waals surface area contributed by atoms with Crippen LogP contribution in [0.4, 0.5) is 5.69 Å². The molecular formula is C12H16N4. The Morgan fingerprint density at radius 2 is 1.94 bits per heavy atom. The van der Waals surface area contributed by atoms with Crippen molar-refractivity contribution in [3.05, 3.63) is 30.1 Å². The molecule has 0 atom stereocenters. The summed E-state index contributed by atoms with van der Waals surface area (Å²) in [6.45, 7) is 2.16. The van der Waals surface area contributed by atoms with Crippen molar-refractivity contribution < 1.29 is 0 Å². The summed E-state index contributed by atoms with van der Waals surface area (Å²) in [6.07, 6.45) is 3.26. The van der Waals surface area contributed by atoms with Gasteiger partial charge in [0.2, 0.25) is 0 Å². The smallest absolute Gasteiger partial charge is 0.161 e. The molecule has 0 fully saturated rings. The lowest BCUT2D eigenvalue weighted by Crippen LogP contribution is -1.87. The minimum atomic E-state index is 0.759. The number of nitrogens with zero attached hydrogens (tertiary/aromatic N) is 2. The summed E-state index contributed by atoms with van der Waals surface area (Å²) in [4.78, 5) is 3.22. The van der Waals surface area contributed by atoms with Crippen LogP contribution in [0.3, 0.4) is 0 Å². The van der Waals surface area contributed by atoms with Crippen molar-refractivity contribution >= 4 is 5.69 Å². The summed E-state index contributed by atoms with van der Waals surface area (Å²) >= 11 is 0. The van der Waals surface area contributed by atoms with Crippen LogP contribution in [0.1, 0.15) is 25.6 Å². The third-order valence-corrected chi connectivity index (χ3v) is 2.48. The summed E-state index contributed by atoms with van der Waals surface area (Å²) in [5.74, 6) is 1.76. The van der Waals surface area contributed by atoms with Gasteiger partial charge in [-0.2, -0.15) is 0 Å². The number of nitrogens with one attached hydrogen (secondary N) is 1. The molecule has 2 rings (SSSR count). The topological polar surface area (TPSA) is 67.6 Å². The summed E-state index contributed by atoms with van der Waals surface area (Å²) in [5.41, 5.74) is 7.41. The van der Waals surface area contributed by atoms with Crippen LogP contribution < -0.4 is 5.73 Å². The quantitative estimate of drug-likeness (QED) is 0.771. The highest BCUT2D eigenvalue weighted by Crippen LogP contribution is 2.16. The second kappa shape index (κ2) is 4.79. The molecule has 0 spiro atoms. The Morgan fingerprint density at radius 1 is 1.19 bits per heavy atom. The number of nitrogens with two attached hydrogens (primary N) is 1. The summed E-state index contributed by atoms with van der Waals surface area (Å²) in [5, 5.41) is 8.24. The molecule has 1 aromatic carbocycles. The maximum atomic E-state index is 5.63. The van der Waals surface area contributed by atoms with E-state index in [1.165, 1.54) is 0 Å². The van der Waals surface area contributed by atoms with Gasteiger partial charge in [0.05, 0.1) is 0 Å². The molecule has 1 heterocycles. The predicted octanol–water partition coefficient (Wildman–Crippen LogP) is 2.40. The highest BCUT2D eigenvalue weighted by Gasteiger charge is 2.04. The lowest BCUT2D eigenvalue weighted by atomic mass is 10.2. The Balaban J connectivity index is 2.15. The van der Waals surface area contributed by atoms with Crippen LogP contribution in [-0.2, 0) is 6.42 Å². The van der Waals surface area contributed by atoms with Crippen LogP contribution in [0, 0.1) is 0 Å². The minimum absolute atomic E-state index is 0.759. The fraction of sp³-hybridized carbons (Fsp3) is 0.333. The van der Waals surface area contributed by atoms with Crippen molar-refractivity contribution in [3.63, 3.8) is 0 Å². The monoisotopic (exact) mass is 216 g/mol. The molecule has 4 heteroatoms. The number of aryl methyl sites for hydroxylation is 1. The van der Waals surface area contributed by atoms with Crippen molar-refractivity contribution in [2.24, 2.45) is 0 Å². The SMILES string of the molecule is CCCCc1nnc(-c2ccc(N)cc2)[nH]1. The molecule has 2 aromatic rings. The van der Waals surface area contributed by atoms with Crippen molar-refractivity contribution in [1.29, 1.82) is 0 Å². The fourth-order valence-electron chi connectivity index (χ4n) is 1.52. The van der Waals surface area contributed by atoms with E-state index < -0.39 is 0 Å². The maximum Gasteiger partial charge on any atom is 0.161 e. The van der Waals surface area contributed by atoms with Crippen LogP contribution in [0.25, 0.3) is 11.4 Å². The number of hydrogen-bond acceptors (Lipinski definition) is 3. The maximum absolute atomic E-state index is 5.63. The van der Waals surface area contributed by atoms with E-state index >= 15 is 0 Å². The first kappa shape index (κ1) is 10.7. The lowest BCUT2D eigenvalue weighted by molar-refractivity contribution is 0.756. The zero-order valence-corrected chi connectivity index (χ0v) is 9.40. The minimum Gasteiger partial charge on any atom is -0.399 e. The van der Waals surface area contributed by atoms with Crippen molar-refractivity contribution in [3.8, 4) is 11.4 Å². The van der Waals surface area contributed by atoms with Crippen LogP contribution in [-0.4, -0.2) is 15.2 Å². The van der Waals surface area contributed by atoms with Crippen LogP contribution in [0.5, 0.6) is 0 Å². The summed E-state index contributed by atoms with van der Waals surface area (Å²) in [7, 11) is 0. The first-order valence-electron chi connectivity index (χ1n) is 5.57.